The van der Waals surface area contributed by atoms with Crippen molar-refractivity contribution in [2.24, 2.45) is 0 Å². The molecule has 7 heteroatoms. The van der Waals surface area contributed by atoms with Crippen LogP contribution in [-0.4, -0.2) is 69.7 Å². The smallest absolute Gasteiger partial charge is 0.164 e. The first kappa shape index (κ1) is 22.5. The summed E-state index contributed by atoms with van der Waals surface area (Å²) in [4.78, 5) is 15.7. The summed E-state index contributed by atoms with van der Waals surface area (Å²) in [6.45, 7) is 10.4. The molecule has 0 aliphatic carbocycles. The molecule has 26 heavy (non-hydrogen) atoms. The molecule has 1 aromatic rings. The number of ether oxygens (including phenoxy) is 4. The summed E-state index contributed by atoms with van der Waals surface area (Å²) in [7, 11) is 0. The Balaban J connectivity index is 1.90. The lowest BCUT2D eigenvalue weighted by Gasteiger charge is -2.09. The van der Waals surface area contributed by atoms with E-state index in [1.165, 1.54) is 0 Å². The Morgan fingerprint density at radius 3 is 2.15 bits per heavy atom. The molecule has 0 unspecified atom stereocenters. The van der Waals surface area contributed by atoms with E-state index in [1.54, 1.807) is 18.3 Å². The highest BCUT2D eigenvalue weighted by Crippen LogP contribution is 2.06. The summed E-state index contributed by atoms with van der Waals surface area (Å²) in [6.07, 6.45) is 2.32. The molecular formula is C19H32N2O5. The number of carbonyl (C=O) groups excluding carboxylic acids is 1. The normalized spacial score (nSPS) is 11.1. The third kappa shape index (κ3) is 11.1. The monoisotopic (exact) mass is 368 g/mol. The highest BCUT2D eigenvalue weighted by molar-refractivity contribution is 5.95. The minimum atomic E-state index is 0.0988. The standard InChI is InChI=1S/C19H32N2O5/c1-4-18(22)17-5-6-19(21-15-17)20-7-8-23-9-10-24-11-12-25-13-14-26-16(2)3/h5-6,15-16H,4,7-14H2,1-3H3,(H,20,21). The van der Waals surface area contributed by atoms with E-state index in [0.717, 1.165) is 5.82 Å². The Hall–Kier alpha value is -1.54. The lowest BCUT2D eigenvalue weighted by Crippen LogP contribution is -2.15. The minimum absolute atomic E-state index is 0.0988. The van der Waals surface area contributed by atoms with Gasteiger partial charge in [0.2, 0.25) is 0 Å². The maximum atomic E-state index is 11.5. The van der Waals surface area contributed by atoms with Gasteiger partial charge in [-0.25, -0.2) is 4.98 Å². The Morgan fingerprint density at radius 2 is 1.62 bits per heavy atom. The van der Waals surface area contributed by atoms with Gasteiger partial charge in [-0.05, 0) is 26.0 Å². The SMILES string of the molecule is CCC(=O)c1ccc(NCCOCCOCCOCCOC(C)C)nc1. The van der Waals surface area contributed by atoms with Crippen molar-refractivity contribution in [3.63, 3.8) is 0 Å². The van der Waals surface area contributed by atoms with Crippen molar-refractivity contribution in [2.75, 3.05) is 58.1 Å². The molecule has 7 nitrogen and oxygen atoms in total. The van der Waals surface area contributed by atoms with Crippen molar-refractivity contribution in [3.8, 4) is 0 Å². The van der Waals surface area contributed by atoms with Gasteiger partial charge in [0.15, 0.2) is 5.78 Å². The molecule has 0 fully saturated rings. The van der Waals surface area contributed by atoms with Gasteiger partial charge in [0, 0.05) is 24.7 Å². The predicted octanol–water partition coefficient (Wildman–Crippen LogP) is 2.56. The second-order valence-electron chi connectivity index (χ2n) is 5.89. The molecule has 1 heterocycles. The van der Waals surface area contributed by atoms with Crippen LogP contribution < -0.4 is 5.32 Å². The molecule has 0 aromatic carbocycles. The quantitative estimate of drug-likeness (QED) is 0.355. The van der Waals surface area contributed by atoms with E-state index in [1.807, 2.05) is 20.8 Å². The van der Waals surface area contributed by atoms with E-state index in [-0.39, 0.29) is 11.9 Å². The number of Topliss-reactive ketones (excluding diaryl/α,β-unsaturated/α-hetero) is 1. The van der Waals surface area contributed by atoms with Crippen LogP contribution in [0, 0.1) is 0 Å². The van der Waals surface area contributed by atoms with Crippen LogP contribution in [0.1, 0.15) is 37.6 Å². The molecule has 1 aromatic heterocycles. The minimum Gasteiger partial charge on any atom is -0.377 e. The Kier molecular flexibility index (Phi) is 12.6. The molecule has 0 spiro atoms. The predicted molar refractivity (Wildman–Crippen MR) is 101 cm³/mol. The van der Waals surface area contributed by atoms with E-state index in [2.05, 4.69) is 10.3 Å². The van der Waals surface area contributed by atoms with Crippen molar-refractivity contribution in [3.05, 3.63) is 23.9 Å². The zero-order chi connectivity index (χ0) is 19.0. The van der Waals surface area contributed by atoms with Crippen molar-refractivity contribution in [1.82, 2.24) is 4.98 Å². The van der Waals surface area contributed by atoms with Crippen LogP contribution in [-0.2, 0) is 18.9 Å². The largest absolute Gasteiger partial charge is 0.377 e. The number of rotatable bonds is 16. The molecule has 0 aliphatic rings. The third-order valence-corrected chi connectivity index (χ3v) is 3.38. The lowest BCUT2D eigenvalue weighted by atomic mass is 10.1. The van der Waals surface area contributed by atoms with E-state index < -0.39 is 0 Å². The van der Waals surface area contributed by atoms with Crippen LogP contribution in [0.2, 0.25) is 0 Å². The van der Waals surface area contributed by atoms with Gasteiger partial charge in [-0.2, -0.15) is 0 Å². The zero-order valence-electron chi connectivity index (χ0n) is 16.2. The molecular weight excluding hydrogens is 336 g/mol. The van der Waals surface area contributed by atoms with Gasteiger partial charge in [-0.3, -0.25) is 4.79 Å². The Labute approximate surface area is 156 Å². The fraction of sp³-hybridized carbons (Fsp3) is 0.684. The van der Waals surface area contributed by atoms with Crippen molar-refractivity contribution < 1.29 is 23.7 Å². The molecule has 148 valence electrons. The molecule has 0 bridgehead atoms. The van der Waals surface area contributed by atoms with Crippen LogP contribution in [0.3, 0.4) is 0 Å². The Bertz CT molecular complexity index is 479. The fourth-order valence-electron chi connectivity index (χ4n) is 2.00. The van der Waals surface area contributed by atoms with Gasteiger partial charge in [-0.15, -0.1) is 0 Å². The zero-order valence-corrected chi connectivity index (χ0v) is 16.2. The average molecular weight is 368 g/mol. The number of anilines is 1. The van der Waals surface area contributed by atoms with Crippen molar-refractivity contribution >= 4 is 11.6 Å². The summed E-state index contributed by atoms with van der Waals surface area (Å²) in [5, 5.41) is 3.15. The number of nitrogens with one attached hydrogen (secondary N) is 1. The molecule has 0 atom stereocenters. The van der Waals surface area contributed by atoms with Crippen LogP contribution >= 0.6 is 0 Å². The summed E-state index contributed by atoms with van der Waals surface area (Å²) in [5.74, 6) is 0.831. The third-order valence-electron chi connectivity index (χ3n) is 3.38. The molecule has 1 N–H and O–H groups in total. The highest BCUT2D eigenvalue weighted by atomic mass is 16.6. The molecule has 0 radical (unpaired) electrons. The summed E-state index contributed by atoms with van der Waals surface area (Å²) < 4.78 is 21.6. The topological polar surface area (TPSA) is 78.9 Å². The number of hydrogen-bond acceptors (Lipinski definition) is 7. The molecule has 0 saturated heterocycles. The number of carbonyl (C=O) groups is 1. The van der Waals surface area contributed by atoms with E-state index in [0.29, 0.717) is 64.8 Å². The molecule has 0 aliphatic heterocycles. The summed E-state index contributed by atoms with van der Waals surface area (Å²) >= 11 is 0. The second kappa shape index (κ2) is 14.6. The van der Waals surface area contributed by atoms with E-state index in [9.17, 15) is 4.79 Å². The first-order valence-corrected chi connectivity index (χ1v) is 9.21. The van der Waals surface area contributed by atoms with Gasteiger partial charge in [0.1, 0.15) is 5.82 Å². The number of nitrogens with zero attached hydrogens (tertiary/aromatic N) is 1. The van der Waals surface area contributed by atoms with Crippen molar-refractivity contribution in [1.29, 1.82) is 0 Å². The van der Waals surface area contributed by atoms with Gasteiger partial charge < -0.3 is 24.3 Å². The Morgan fingerprint density at radius 1 is 1.00 bits per heavy atom. The van der Waals surface area contributed by atoms with E-state index in [4.69, 9.17) is 18.9 Å². The lowest BCUT2D eigenvalue weighted by molar-refractivity contribution is -0.0110. The van der Waals surface area contributed by atoms with Crippen LogP contribution in [0.4, 0.5) is 5.82 Å². The summed E-state index contributed by atoms with van der Waals surface area (Å²) in [5.41, 5.74) is 0.642. The van der Waals surface area contributed by atoms with E-state index >= 15 is 0 Å². The first-order chi connectivity index (χ1) is 12.6. The molecule has 0 saturated carbocycles. The van der Waals surface area contributed by atoms with Crippen LogP contribution in [0.15, 0.2) is 18.3 Å². The molecule has 1 rings (SSSR count). The fourth-order valence-corrected chi connectivity index (χ4v) is 2.00. The van der Waals surface area contributed by atoms with Crippen LogP contribution in [0.5, 0.6) is 0 Å². The number of pyridine rings is 1. The average Bonchev–Trinajstić information content (AvgIpc) is 2.65. The maximum absolute atomic E-state index is 11.5. The van der Waals surface area contributed by atoms with Gasteiger partial charge >= 0.3 is 0 Å². The second-order valence-corrected chi connectivity index (χ2v) is 5.89. The first-order valence-electron chi connectivity index (χ1n) is 9.21. The number of hydrogen-bond donors (Lipinski definition) is 1. The van der Waals surface area contributed by atoms with Crippen molar-refractivity contribution in [2.45, 2.75) is 33.3 Å². The van der Waals surface area contributed by atoms with Gasteiger partial charge in [-0.1, -0.05) is 6.92 Å². The van der Waals surface area contributed by atoms with Gasteiger partial charge in [0.25, 0.3) is 0 Å². The molecule has 0 amide bonds. The summed E-state index contributed by atoms with van der Waals surface area (Å²) in [6, 6.07) is 3.59. The van der Waals surface area contributed by atoms with Crippen LogP contribution in [0.25, 0.3) is 0 Å². The highest BCUT2D eigenvalue weighted by Gasteiger charge is 2.03. The number of aromatic nitrogens is 1. The maximum Gasteiger partial charge on any atom is 0.164 e. The van der Waals surface area contributed by atoms with Gasteiger partial charge in [0.05, 0.1) is 52.4 Å². The number of ketones is 1.